The largest absolute Gasteiger partial charge is 0.495 e. The normalized spacial score (nSPS) is 11.8. The molecular formula is C17H17N5O3S2. The number of thiophene rings is 1. The maximum Gasteiger partial charge on any atom is 0.318 e. The van der Waals surface area contributed by atoms with Gasteiger partial charge in [0.2, 0.25) is 5.91 Å². The summed E-state index contributed by atoms with van der Waals surface area (Å²) in [6.45, 7) is 1.66. The van der Waals surface area contributed by atoms with Crippen LogP contribution in [-0.4, -0.2) is 39.1 Å². The number of rotatable bonds is 6. The Morgan fingerprint density at radius 1 is 1.26 bits per heavy atom. The molecule has 3 N–H and O–H groups in total. The van der Waals surface area contributed by atoms with Crippen molar-refractivity contribution >= 4 is 35.0 Å². The lowest BCUT2D eigenvalue weighted by Gasteiger charge is -2.15. The molecule has 27 heavy (non-hydrogen) atoms. The maximum atomic E-state index is 12.1. The van der Waals surface area contributed by atoms with E-state index < -0.39 is 17.2 Å². The minimum atomic E-state index is -0.891. The first-order chi connectivity index (χ1) is 13.0. The zero-order valence-corrected chi connectivity index (χ0v) is 16.2. The van der Waals surface area contributed by atoms with E-state index in [1.54, 1.807) is 14.0 Å². The molecule has 0 aliphatic rings. The van der Waals surface area contributed by atoms with E-state index in [0.717, 1.165) is 10.6 Å². The van der Waals surface area contributed by atoms with Crippen LogP contribution in [0.1, 0.15) is 6.92 Å². The zero-order valence-electron chi connectivity index (χ0n) is 14.6. The summed E-state index contributed by atoms with van der Waals surface area (Å²) in [5.41, 5.74) is 5.77. The van der Waals surface area contributed by atoms with Crippen LogP contribution >= 0.6 is 23.1 Å². The Bertz CT molecular complexity index is 955. The fourth-order valence-corrected chi connectivity index (χ4v) is 3.94. The number of nitrogens with one attached hydrogen (secondary N) is 1. The summed E-state index contributed by atoms with van der Waals surface area (Å²) in [6.07, 6.45) is 0. The Kier molecular flexibility index (Phi) is 5.77. The number of primary amides is 1. The van der Waals surface area contributed by atoms with Crippen LogP contribution in [0, 0.1) is 0 Å². The van der Waals surface area contributed by atoms with Crippen LogP contribution in [0.2, 0.25) is 0 Å². The number of thioether (sulfide) groups is 1. The van der Waals surface area contributed by atoms with E-state index in [1.807, 2.05) is 46.3 Å². The van der Waals surface area contributed by atoms with Gasteiger partial charge in [-0.25, -0.2) is 4.79 Å². The highest BCUT2D eigenvalue weighted by Crippen LogP contribution is 2.35. The van der Waals surface area contributed by atoms with Gasteiger partial charge in [0.25, 0.3) is 0 Å². The van der Waals surface area contributed by atoms with E-state index in [9.17, 15) is 9.59 Å². The number of aromatic nitrogens is 3. The maximum absolute atomic E-state index is 12.1. The van der Waals surface area contributed by atoms with Gasteiger partial charge in [-0.2, -0.15) is 0 Å². The number of hydrogen-bond donors (Lipinski definition) is 2. The summed E-state index contributed by atoms with van der Waals surface area (Å²) < 4.78 is 7.32. The summed E-state index contributed by atoms with van der Waals surface area (Å²) in [6, 6.07) is 10.5. The molecule has 3 aromatic rings. The Hall–Kier alpha value is -2.85. The van der Waals surface area contributed by atoms with Gasteiger partial charge in [0.1, 0.15) is 5.75 Å². The van der Waals surface area contributed by atoms with Crippen molar-refractivity contribution in [3.8, 4) is 22.1 Å². The highest BCUT2D eigenvalue weighted by atomic mass is 32.2. The summed E-state index contributed by atoms with van der Waals surface area (Å²) >= 11 is 2.70. The van der Waals surface area contributed by atoms with Crippen molar-refractivity contribution in [2.24, 2.45) is 5.73 Å². The number of imide groups is 1. The second kappa shape index (κ2) is 8.23. The number of nitrogens with zero attached hydrogens (tertiary/aromatic N) is 3. The predicted octanol–water partition coefficient (Wildman–Crippen LogP) is 2.68. The molecule has 2 aromatic heterocycles. The molecule has 0 spiro atoms. The monoisotopic (exact) mass is 403 g/mol. The van der Waals surface area contributed by atoms with Gasteiger partial charge in [-0.3, -0.25) is 14.7 Å². The van der Waals surface area contributed by atoms with Crippen molar-refractivity contribution in [2.45, 2.75) is 17.3 Å². The van der Waals surface area contributed by atoms with E-state index in [1.165, 1.54) is 23.1 Å². The molecule has 0 saturated carbocycles. The second-order valence-corrected chi connectivity index (χ2v) is 7.66. The van der Waals surface area contributed by atoms with Gasteiger partial charge in [0.15, 0.2) is 11.0 Å². The molecule has 0 aliphatic heterocycles. The molecule has 8 nitrogen and oxygen atoms in total. The number of nitrogens with two attached hydrogens (primary N) is 1. The van der Waals surface area contributed by atoms with E-state index in [0.29, 0.717) is 16.7 Å². The number of benzene rings is 1. The molecule has 0 bridgehead atoms. The van der Waals surface area contributed by atoms with Crippen molar-refractivity contribution in [3.63, 3.8) is 0 Å². The van der Waals surface area contributed by atoms with Crippen LogP contribution < -0.4 is 15.8 Å². The standard InChI is InChI=1S/C17H17N5O3S2/c1-10(15(23)19-16(18)24)27-17-21-20-14(13-8-5-9-26-13)22(17)11-6-3-4-7-12(11)25-2/h3-10H,1-2H3,(H3,18,19,23,24)/t10-/m1/s1. The van der Waals surface area contributed by atoms with Crippen LogP contribution in [0.5, 0.6) is 5.75 Å². The quantitative estimate of drug-likeness (QED) is 0.612. The van der Waals surface area contributed by atoms with Crippen molar-refractivity contribution in [2.75, 3.05) is 7.11 Å². The highest BCUT2D eigenvalue weighted by Gasteiger charge is 2.24. The summed E-state index contributed by atoms with van der Waals surface area (Å²) in [5.74, 6) is 0.783. The van der Waals surface area contributed by atoms with E-state index >= 15 is 0 Å². The van der Waals surface area contributed by atoms with Gasteiger partial charge in [-0.15, -0.1) is 21.5 Å². The number of para-hydroxylation sites is 2. The van der Waals surface area contributed by atoms with Gasteiger partial charge < -0.3 is 10.5 Å². The third-order valence-electron chi connectivity index (χ3n) is 3.60. The van der Waals surface area contributed by atoms with Crippen LogP contribution in [0.3, 0.4) is 0 Å². The molecule has 2 heterocycles. The van der Waals surface area contributed by atoms with Crippen LogP contribution in [-0.2, 0) is 4.79 Å². The molecule has 0 aliphatic carbocycles. The molecule has 0 saturated heterocycles. The highest BCUT2D eigenvalue weighted by molar-refractivity contribution is 8.00. The second-order valence-electron chi connectivity index (χ2n) is 5.40. The molecule has 3 rings (SSSR count). The number of carbonyl (C=O) groups is 2. The van der Waals surface area contributed by atoms with Gasteiger partial charge in [0, 0.05) is 0 Å². The third kappa shape index (κ3) is 4.12. The van der Waals surface area contributed by atoms with Crippen molar-refractivity contribution in [3.05, 3.63) is 41.8 Å². The lowest BCUT2D eigenvalue weighted by molar-refractivity contribution is -0.119. The van der Waals surface area contributed by atoms with Gasteiger partial charge in [-0.1, -0.05) is 30.0 Å². The first kappa shape index (κ1) is 18.9. The smallest absolute Gasteiger partial charge is 0.318 e. The average Bonchev–Trinajstić information content (AvgIpc) is 3.30. The third-order valence-corrected chi connectivity index (χ3v) is 5.51. The molecule has 10 heteroatoms. The lowest BCUT2D eigenvalue weighted by Crippen LogP contribution is -2.39. The number of carbonyl (C=O) groups excluding carboxylic acids is 2. The number of urea groups is 1. The first-order valence-corrected chi connectivity index (χ1v) is 9.67. The Morgan fingerprint density at radius 2 is 2.04 bits per heavy atom. The Morgan fingerprint density at radius 3 is 2.70 bits per heavy atom. The Labute approximate surface area is 163 Å². The van der Waals surface area contributed by atoms with Crippen molar-refractivity contribution < 1.29 is 14.3 Å². The summed E-state index contributed by atoms with van der Waals surface area (Å²) in [7, 11) is 1.59. The van der Waals surface area contributed by atoms with Crippen LogP contribution in [0.15, 0.2) is 46.9 Å². The van der Waals surface area contributed by atoms with Gasteiger partial charge in [-0.05, 0) is 30.5 Å². The van der Waals surface area contributed by atoms with E-state index in [4.69, 9.17) is 10.5 Å². The average molecular weight is 403 g/mol. The van der Waals surface area contributed by atoms with Crippen molar-refractivity contribution in [1.82, 2.24) is 20.1 Å². The van der Waals surface area contributed by atoms with Crippen molar-refractivity contribution in [1.29, 1.82) is 0 Å². The molecule has 1 aromatic carbocycles. The number of hydrogen-bond acceptors (Lipinski definition) is 7. The first-order valence-electron chi connectivity index (χ1n) is 7.91. The minimum Gasteiger partial charge on any atom is -0.495 e. The molecule has 3 amide bonds. The van der Waals surface area contributed by atoms with Crippen LogP contribution in [0.25, 0.3) is 16.4 Å². The fourth-order valence-electron chi connectivity index (χ4n) is 2.38. The molecule has 0 unspecified atom stereocenters. The minimum absolute atomic E-state index is 0.495. The van der Waals surface area contributed by atoms with E-state index in [-0.39, 0.29) is 0 Å². The molecule has 140 valence electrons. The molecule has 0 fully saturated rings. The summed E-state index contributed by atoms with van der Waals surface area (Å²) in [5, 5.41) is 12.5. The lowest BCUT2D eigenvalue weighted by atomic mass is 10.3. The molecule has 0 radical (unpaired) electrons. The number of ether oxygens (including phenoxy) is 1. The van der Waals surface area contributed by atoms with Gasteiger partial charge in [0.05, 0.1) is 22.9 Å². The fraction of sp³-hybridized carbons (Fsp3) is 0.176. The van der Waals surface area contributed by atoms with E-state index in [2.05, 4.69) is 15.5 Å². The number of amides is 3. The topological polar surface area (TPSA) is 112 Å². The Balaban J connectivity index is 2.05. The molecule has 1 atom stereocenters. The zero-order chi connectivity index (χ0) is 19.4. The molecular weight excluding hydrogens is 386 g/mol. The SMILES string of the molecule is COc1ccccc1-n1c(S[C@H](C)C(=O)NC(N)=O)nnc1-c1cccs1. The summed E-state index contributed by atoms with van der Waals surface area (Å²) in [4.78, 5) is 23.9. The number of methoxy groups -OCH3 is 1. The van der Waals surface area contributed by atoms with Gasteiger partial charge >= 0.3 is 6.03 Å². The van der Waals surface area contributed by atoms with Crippen LogP contribution in [0.4, 0.5) is 4.79 Å². The predicted molar refractivity (Wildman–Crippen MR) is 104 cm³/mol.